The molecule has 0 saturated carbocycles. The summed E-state index contributed by atoms with van der Waals surface area (Å²) in [5, 5.41) is 8.37. The van der Waals surface area contributed by atoms with Gasteiger partial charge in [-0.3, -0.25) is 9.00 Å². The number of hydrogen-bond acceptors (Lipinski definition) is 2. The van der Waals surface area contributed by atoms with Crippen LogP contribution in [-0.2, 0) is 27.5 Å². The second-order valence-corrected chi connectivity index (χ2v) is 4.77. The molecule has 0 saturated heterocycles. The molecular formula is C10H9F3O3S. The highest BCUT2D eigenvalue weighted by Gasteiger charge is 2.29. The van der Waals surface area contributed by atoms with Crippen LogP contribution in [-0.4, -0.2) is 21.0 Å². The molecule has 1 aromatic rings. The molecule has 1 aromatic carbocycles. The molecule has 0 aliphatic rings. The molecule has 0 bridgehead atoms. The lowest BCUT2D eigenvalue weighted by Crippen LogP contribution is -2.11. The van der Waals surface area contributed by atoms with Crippen LogP contribution in [0.5, 0.6) is 0 Å². The van der Waals surface area contributed by atoms with Crippen molar-refractivity contribution in [3.63, 3.8) is 0 Å². The summed E-state index contributed by atoms with van der Waals surface area (Å²) in [6.07, 6.45) is -4.40. The Labute approximate surface area is 97.7 Å². The third kappa shape index (κ3) is 4.56. The molecule has 0 heterocycles. The lowest BCUT2D eigenvalue weighted by atomic mass is 10.1. The van der Waals surface area contributed by atoms with Crippen LogP contribution >= 0.6 is 0 Å². The van der Waals surface area contributed by atoms with E-state index < -0.39 is 34.3 Å². The van der Waals surface area contributed by atoms with Crippen molar-refractivity contribution in [2.45, 2.75) is 11.9 Å². The van der Waals surface area contributed by atoms with E-state index in [9.17, 15) is 22.2 Å². The fourth-order valence-corrected chi connectivity index (χ4v) is 2.11. The van der Waals surface area contributed by atoms with Crippen molar-refractivity contribution in [1.29, 1.82) is 0 Å². The maximum atomic E-state index is 12.2. The van der Waals surface area contributed by atoms with Crippen LogP contribution in [0.15, 0.2) is 24.3 Å². The van der Waals surface area contributed by atoms with E-state index in [2.05, 4.69) is 0 Å². The largest absolute Gasteiger partial charge is 0.481 e. The Morgan fingerprint density at radius 2 is 1.76 bits per heavy atom. The summed E-state index contributed by atoms with van der Waals surface area (Å²) in [4.78, 5) is 10.2. The fourth-order valence-electron chi connectivity index (χ4n) is 1.16. The average Bonchev–Trinajstić information content (AvgIpc) is 2.15. The van der Waals surface area contributed by atoms with Gasteiger partial charge in [0, 0.05) is 16.6 Å². The van der Waals surface area contributed by atoms with Crippen LogP contribution in [0.4, 0.5) is 13.2 Å². The normalized spacial score (nSPS) is 13.4. The van der Waals surface area contributed by atoms with Gasteiger partial charge in [-0.05, 0) is 17.7 Å². The number of carboxylic acids is 1. The van der Waals surface area contributed by atoms with Crippen molar-refractivity contribution in [2.24, 2.45) is 0 Å². The van der Waals surface area contributed by atoms with Crippen molar-refractivity contribution in [3.8, 4) is 0 Å². The number of benzene rings is 1. The molecule has 0 aliphatic heterocycles. The smallest absolute Gasteiger partial charge is 0.416 e. The fraction of sp³-hybridized carbons (Fsp3) is 0.300. The zero-order valence-corrected chi connectivity index (χ0v) is 9.35. The minimum Gasteiger partial charge on any atom is -0.481 e. The molecule has 0 radical (unpaired) electrons. The van der Waals surface area contributed by atoms with Crippen molar-refractivity contribution in [1.82, 2.24) is 0 Å². The summed E-state index contributed by atoms with van der Waals surface area (Å²) in [6.45, 7) is 0. The number of hydrogen-bond donors (Lipinski definition) is 1. The van der Waals surface area contributed by atoms with Gasteiger partial charge in [-0.25, -0.2) is 0 Å². The first-order valence-electron chi connectivity index (χ1n) is 4.52. The molecule has 7 heteroatoms. The van der Waals surface area contributed by atoms with Crippen molar-refractivity contribution < 1.29 is 27.3 Å². The molecule has 1 atom stereocenters. The summed E-state index contributed by atoms with van der Waals surface area (Å²) < 4.78 is 47.9. The van der Waals surface area contributed by atoms with Crippen molar-refractivity contribution in [2.75, 3.05) is 5.75 Å². The Morgan fingerprint density at radius 1 is 1.24 bits per heavy atom. The molecule has 0 aromatic heterocycles. The van der Waals surface area contributed by atoms with Gasteiger partial charge in [0.15, 0.2) is 0 Å². The highest BCUT2D eigenvalue weighted by molar-refractivity contribution is 7.84. The molecule has 1 rings (SSSR count). The zero-order chi connectivity index (χ0) is 13.1. The molecule has 0 unspecified atom stereocenters. The number of aliphatic carboxylic acids is 1. The summed E-state index contributed by atoms with van der Waals surface area (Å²) >= 11 is 0. The Morgan fingerprint density at radius 3 is 2.18 bits per heavy atom. The minimum absolute atomic E-state index is 0.0650. The first-order valence-corrected chi connectivity index (χ1v) is 6.01. The van der Waals surface area contributed by atoms with E-state index in [0.717, 1.165) is 12.1 Å². The quantitative estimate of drug-likeness (QED) is 0.907. The van der Waals surface area contributed by atoms with Crippen molar-refractivity contribution in [3.05, 3.63) is 35.4 Å². The molecule has 0 fully saturated rings. The standard InChI is InChI=1S/C10H9F3O3S/c11-10(12,13)8-3-1-7(2-4-8)5-17(16)6-9(14)15/h1-4H,5-6H2,(H,14,15)/t17-/m0/s1. The van der Waals surface area contributed by atoms with Gasteiger partial charge in [0.1, 0.15) is 5.75 Å². The Hall–Kier alpha value is -1.37. The monoisotopic (exact) mass is 266 g/mol. The number of carbonyl (C=O) groups is 1. The number of halogens is 3. The van der Waals surface area contributed by atoms with Gasteiger partial charge < -0.3 is 5.11 Å². The summed E-state index contributed by atoms with van der Waals surface area (Å²) in [7, 11) is -1.61. The lowest BCUT2D eigenvalue weighted by molar-refractivity contribution is -0.137. The minimum atomic E-state index is -4.40. The topological polar surface area (TPSA) is 54.4 Å². The Balaban J connectivity index is 2.69. The Kier molecular flexibility index (Phi) is 4.28. The molecule has 1 N–H and O–H groups in total. The molecule has 0 amide bonds. The summed E-state index contributed by atoms with van der Waals surface area (Å²) in [5.74, 6) is -1.78. The van der Waals surface area contributed by atoms with Crippen LogP contribution in [0.1, 0.15) is 11.1 Å². The first kappa shape index (κ1) is 13.7. The van der Waals surface area contributed by atoms with Crippen LogP contribution in [0, 0.1) is 0 Å². The highest BCUT2D eigenvalue weighted by atomic mass is 32.2. The second-order valence-electron chi connectivity index (χ2n) is 3.32. The predicted molar refractivity (Wildman–Crippen MR) is 55.8 cm³/mol. The molecule has 0 spiro atoms. The molecular weight excluding hydrogens is 257 g/mol. The SMILES string of the molecule is O=C(O)C[S@@](=O)Cc1ccc(C(F)(F)F)cc1. The van der Waals surface area contributed by atoms with Gasteiger partial charge in [-0.2, -0.15) is 13.2 Å². The number of alkyl halides is 3. The van der Waals surface area contributed by atoms with E-state index in [1.165, 1.54) is 12.1 Å². The van der Waals surface area contributed by atoms with Gasteiger partial charge in [-0.1, -0.05) is 12.1 Å². The van der Waals surface area contributed by atoms with E-state index in [4.69, 9.17) is 5.11 Å². The van der Waals surface area contributed by atoms with Crippen LogP contribution < -0.4 is 0 Å². The van der Waals surface area contributed by atoms with Crippen LogP contribution in [0.3, 0.4) is 0 Å². The average molecular weight is 266 g/mol. The van der Waals surface area contributed by atoms with Gasteiger partial charge in [-0.15, -0.1) is 0 Å². The molecule has 17 heavy (non-hydrogen) atoms. The van der Waals surface area contributed by atoms with E-state index >= 15 is 0 Å². The second kappa shape index (κ2) is 5.31. The molecule has 0 aliphatic carbocycles. The maximum absolute atomic E-state index is 12.2. The van der Waals surface area contributed by atoms with Gasteiger partial charge in [0.2, 0.25) is 0 Å². The highest BCUT2D eigenvalue weighted by Crippen LogP contribution is 2.29. The van der Waals surface area contributed by atoms with E-state index in [1.54, 1.807) is 0 Å². The Bertz CT molecular complexity index is 425. The third-order valence-corrected chi connectivity index (χ3v) is 3.12. The first-order chi connectivity index (χ1) is 7.79. The number of rotatable bonds is 4. The van der Waals surface area contributed by atoms with E-state index in [1.807, 2.05) is 0 Å². The summed E-state index contributed by atoms with van der Waals surface area (Å²) in [6, 6.07) is 4.16. The zero-order valence-electron chi connectivity index (χ0n) is 8.53. The maximum Gasteiger partial charge on any atom is 0.416 e. The van der Waals surface area contributed by atoms with E-state index in [0.29, 0.717) is 5.56 Å². The lowest BCUT2D eigenvalue weighted by Gasteiger charge is -2.07. The van der Waals surface area contributed by atoms with Crippen molar-refractivity contribution >= 4 is 16.8 Å². The number of carboxylic acid groups (broad SMARTS) is 1. The molecule has 94 valence electrons. The predicted octanol–water partition coefficient (Wildman–Crippen LogP) is 2.04. The molecule has 3 nitrogen and oxygen atoms in total. The van der Waals surface area contributed by atoms with E-state index in [-0.39, 0.29) is 5.75 Å². The van der Waals surface area contributed by atoms with Gasteiger partial charge in [0.05, 0.1) is 5.56 Å². The van der Waals surface area contributed by atoms with Crippen LogP contribution in [0.2, 0.25) is 0 Å². The summed E-state index contributed by atoms with van der Waals surface area (Å²) in [5.41, 5.74) is -0.372. The van der Waals surface area contributed by atoms with Gasteiger partial charge in [0.25, 0.3) is 0 Å². The van der Waals surface area contributed by atoms with Gasteiger partial charge >= 0.3 is 12.1 Å². The third-order valence-electron chi connectivity index (χ3n) is 1.89. The van der Waals surface area contributed by atoms with Crippen LogP contribution in [0.25, 0.3) is 0 Å².